The normalized spacial score (nSPS) is 11.8. The monoisotopic (exact) mass is 530 g/mol. The van der Waals surface area contributed by atoms with Crippen LogP contribution in [0.3, 0.4) is 0 Å². The molecule has 0 radical (unpaired) electrons. The summed E-state index contributed by atoms with van der Waals surface area (Å²) >= 11 is 10.1. The minimum Gasteiger partial charge on any atom is -0.483 e. The Hall–Kier alpha value is -3.65. The third-order valence-corrected chi connectivity index (χ3v) is 5.32. The summed E-state index contributed by atoms with van der Waals surface area (Å²) in [6.45, 7) is 1.37. The molecule has 13 heteroatoms. The van der Waals surface area contributed by atoms with Crippen molar-refractivity contribution in [3.8, 4) is 0 Å². The summed E-state index contributed by atoms with van der Waals surface area (Å²) < 4.78 is 6.16. The number of anilines is 3. The lowest BCUT2D eigenvalue weighted by Gasteiger charge is -2.24. The van der Waals surface area contributed by atoms with Gasteiger partial charge in [-0.15, -0.1) is 0 Å². The Balaban J connectivity index is 1.49. The van der Waals surface area contributed by atoms with Crippen molar-refractivity contribution in [2.45, 2.75) is 12.5 Å². The summed E-state index contributed by atoms with van der Waals surface area (Å²) in [4.78, 5) is 26.9. The lowest BCUT2D eigenvalue weighted by molar-refractivity contribution is -0.146. The Labute approximate surface area is 217 Å². The van der Waals surface area contributed by atoms with E-state index in [-0.39, 0.29) is 11.4 Å². The summed E-state index contributed by atoms with van der Waals surface area (Å²) in [5.74, 6) is -0.888. The summed E-state index contributed by atoms with van der Waals surface area (Å²) in [5, 5.41) is 31.0. The maximum atomic E-state index is 10.9. The molecule has 0 aliphatic rings. The number of benzene rings is 2. The number of H-pyrrole nitrogens is 2. The van der Waals surface area contributed by atoms with Gasteiger partial charge in [0.05, 0.1) is 18.9 Å². The Bertz CT molecular complexity index is 1270. The minimum absolute atomic E-state index is 0.0395. The summed E-state index contributed by atoms with van der Waals surface area (Å²) in [5.41, 5.74) is 2.51. The molecule has 0 aliphatic carbocycles. The first-order valence-corrected chi connectivity index (χ1v) is 11.8. The number of aromatic amines is 2. The molecule has 1 atom stereocenters. The number of rotatable bonds is 13. The topological polar surface area (TPSA) is 159 Å². The maximum Gasteiger partial charge on any atom is 0.337 e. The SMILES string of the molecule is O=C(O)C(O)c1ccc(N(CCO)CCCOC=Nc2cccc(Nc3nc(=S)[nH]c(=S)[nH]3)c2)cc1. The fourth-order valence-corrected chi connectivity index (χ4v) is 3.69. The van der Waals surface area contributed by atoms with Crippen molar-refractivity contribution in [2.24, 2.45) is 4.99 Å². The number of carboxylic acid groups (broad SMARTS) is 1. The molecule has 190 valence electrons. The van der Waals surface area contributed by atoms with Crippen molar-refractivity contribution in [3.05, 3.63) is 63.6 Å². The average Bonchev–Trinajstić information content (AvgIpc) is 2.84. The number of aromatic nitrogens is 3. The molecule has 3 rings (SSSR count). The highest BCUT2D eigenvalue weighted by molar-refractivity contribution is 7.71. The van der Waals surface area contributed by atoms with Crippen LogP contribution in [0.2, 0.25) is 0 Å². The van der Waals surface area contributed by atoms with E-state index in [1.165, 1.54) is 6.40 Å². The summed E-state index contributed by atoms with van der Waals surface area (Å²) in [7, 11) is 0. The summed E-state index contributed by atoms with van der Waals surface area (Å²) in [6, 6.07) is 13.9. The van der Waals surface area contributed by atoms with Crippen LogP contribution in [0.1, 0.15) is 18.1 Å². The van der Waals surface area contributed by atoms with Crippen LogP contribution in [0, 0.1) is 9.54 Å². The number of hydrogen-bond donors (Lipinski definition) is 6. The Morgan fingerprint density at radius 1 is 1.19 bits per heavy atom. The van der Waals surface area contributed by atoms with Gasteiger partial charge in [0, 0.05) is 24.5 Å². The van der Waals surface area contributed by atoms with Gasteiger partial charge < -0.3 is 40.2 Å². The van der Waals surface area contributed by atoms with Gasteiger partial charge >= 0.3 is 5.97 Å². The first-order valence-electron chi connectivity index (χ1n) is 10.9. The van der Waals surface area contributed by atoms with Crippen molar-refractivity contribution in [2.75, 3.05) is 36.5 Å². The van der Waals surface area contributed by atoms with Crippen LogP contribution in [0.4, 0.5) is 23.0 Å². The van der Waals surface area contributed by atoms with Crippen LogP contribution in [-0.2, 0) is 9.53 Å². The second kappa shape index (κ2) is 13.4. The van der Waals surface area contributed by atoms with Crippen LogP contribution < -0.4 is 10.2 Å². The molecule has 0 aliphatic heterocycles. The van der Waals surface area contributed by atoms with Crippen molar-refractivity contribution in [1.82, 2.24) is 15.0 Å². The Morgan fingerprint density at radius 2 is 1.97 bits per heavy atom. The average molecular weight is 531 g/mol. The van der Waals surface area contributed by atoms with Gasteiger partial charge in [0.15, 0.2) is 17.3 Å². The fourth-order valence-electron chi connectivity index (χ4n) is 3.24. The van der Waals surface area contributed by atoms with E-state index in [1.54, 1.807) is 24.3 Å². The van der Waals surface area contributed by atoms with Gasteiger partial charge in [-0.25, -0.2) is 9.79 Å². The van der Waals surface area contributed by atoms with Gasteiger partial charge in [0.25, 0.3) is 0 Å². The van der Waals surface area contributed by atoms with E-state index in [2.05, 4.69) is 25.3 Å². The number of carboxylic acids is 1. The van der Waals surface area contributed by atoms with Crippen LogP contribution >= 0.6 is 24.4 Å². The molecule has 0 saturated carbocycles. The summed E-state index contributed by atoms with van der Waals surface area (Å²) in [6.07, 6.45) is 0.468. The quantitative estimate of drug-likeness (QED) is 0.0834. The maximum absolute atomic E-state index is 10.9. The third kappa shape index (κ3) is 8.23. The predicted octanol–water partition coefficient (Wildman–Crippen LogP) is 3.62. The Morgan fingerprint density at radius 3 is 2.67 bits per heavy atom. The van der Waals surface area contributed by atoms with Crippen LogP contribution in [0.15, 0.2) is 53.5 Å². The molecule has 0 saturated heterocycles. The van der Waals surface area contributed by atoms with Gasteiger partial charge in [0.1, 0.15) is 0 Å². The van der Waals surface area contributed by atoms with E-state index in [0.29, 0.717) is 48.1 Å². The second-order valence-corrected chi connectivity index (χ2v) is 8.32. The molecule has 3 aromatic rings. The molecule has 1 aromatic heterocycles. The first-order chi connectivity index (χ1) is 17.4. The van der Waals surface area contributed by atoms with E-state index in [0.717, 1.165) is 11.4 Å². The number of nitrogens with zero attached hydrogens (tertiary/aromatic N) is 3. The smallest absolute Gasteiger partial charge is 0.337 e. The predicted molar refractivity (Wildman–Crippen MR) is 141 cm³/mol. The molecular formula is C23H26N6O5S2. The van der Waals surface area contributed by atoms with Gasteiger partial charge in [-0.3, -0.25) is 0 Å². The number of carbonyl (C=O) groups is 1. The zero-order chi connectivity index (χ0) is 25.9. The van der Waals surface area contributed by atoms with Crippen molar-refractivity contribution >= 4 is 59.8 Å². The van der Waals surface area contributed by atoms with E-state index in [4.69, 9.17) is 34.3 Å². The molecule has 0 bridgehead atoms. The van der Waals surface area contributed by atoms with Gasteiger partial charge in [-0.05, 0) is 66.8 Å². The molecule has 6 N–H and O–H groups in total. The van der Waals surface area contributed by atoms with Crippen molar-refractivity contribution in [3.63, 3.8) is 0 Å². The molecule has 1 unspecified atom stereocenters. The molecule has 0 fully saturated rings. The Kier molecular flexibility index (Phi) is 10.1. The van der Waals surface area contributed by atoms with Crippen LogP contribution in [0.25, 0.3) is 0 Å². The number of hydrogen-bond acceptors (Lipinski definition) is 10. The van der Waals surface area contributed by atoms with Crippen molar-refractivity contribution < 1.29 is 24.9 Å². The molecule has 36 heavy (non-hydrogen) atoms. The molecule has 1 heterocycles. The lowest BCUT2D eigenvalue weighted by atomic mass is 10.1. The van der Waals surface area contributed by atoms with Crippen LogP contribution in [0.5, 0.6) is 0 Å². The highest BCUT2D eigenvalue weighted by atomic mass is 32.1. The van der Waals surface area contributed by atoms with Crippen molar-refractivity contribution in [1.29, 1.82) is 0 Å². The zero-order valence-electron chi connectivity index (χ0n) is 19.1. The van der Waals surface area contributed by atoms with E-state index < -0.39 is 12.1 Å². The van der Waals surface area contributed by atoms with E-state index >= 15 is 0 Å². The third-order valence-electron chi connectivity index (χ3n) is 4.92. The number of nitrogens with one attached hydrogen (secondary N) is 3. The molecule has 0 amide bonds. The zero-order valence-corrected chi connectivity index (χ0v) is 20.8. The minimum atomic E-state index is -1.57. The lowest BCUT2D eigenvalue weighted by Crippen LogP contribution is -2.28. The fraction of sp³-hybridized carbons (Fsp3) is 0.261. The molecule has 11 nitrogen and oxygen atoms in total. The number of ether oxygens (including phenoxy) is 1. The number of aliphatic imine (C=N–C) groups is 1. The largest absolute Gasteiger partial charge is 0.483 e. The van der Waals surface area contributed by atoms with Crippen LogP contribution in [-0.4, -0.2) is 68.9 Å². The number of aliphatic carboxylic acids is 1. The van der Waals surface area contributed by atoms with Gasteiger partial charge in [-0.2, -0.15) is 4.98 Å². The standard InChI is InChI=1S/C23H26N6O5S2/c30-11-10-29(18-7-5-15(6-8-18)19(31)20(32)33)9-2-12-34-14-24-16-3-1-4-17(13-16)25-21-26-22(35)28-23(36)27-21/h1,3-8,13-14,19,30-31H,2,9-12H2,(H,32,33)(H3,25,26,27,28,35,36). The van der Waals surface area contributed by atoms with E-state index in [1.807, 2.05) is 29.2 Å². The van der Waals surface area contributed by atoms with E-state index in [9.17, 15) is 15.0 Å². The first kappa shape index (κ1) is 26.9. The number of aliphatic hydroxyl groups excluding tert-OH is 2. The molecule has 0 spiro atoms. The molecule has 2 aromatic carbocycles. The second-order valence-electron chi connectivity index (χ2n) is 7.52. The van der Waals surface area contributed by atoms with Gasteiger partial charge in [-0.1, -0.05) is 18.2 Å². The highest BCUT2D eigenvalue weighted by Gasteiger charge is 2.16. The molecular weight excluding hydrogens is 504 g/mol. The highest BCUT2D eigenvalue weighted by Crippen LogP contribution is 2.21. The number of aliphatic hydroxyl groups is 2. The van der Waals surface area contributed by atoms with Gasteiger partial charge in [0.2, 0.25) is 10.7 Å².